The first kappa shape index (κ1) is 19.7. The maximum Gasteiger partial charge on any atom is 0.338 e. The third kappa shape index (κ3) is 5.71. The number of benzene rings is 1. The van der Waals surface area contributed by atoms with Crippen molar-refractivity contribution >= 4 is 5.97 Å². The van der Waals surface area contributed by atoms with Gasteiger partial charge in [-0.3, -0.25) is 0 Å². The largest absolute Gasteiger partial charge is 0.423 e. The molecule has 0 bridgehead atoms. The lowest BCUT2D eigenvalue weighted by Gasteiger charge is -2.29. The van der Waals surface area contributed by atoms with Crippen LogP contribution in [0.2, 0.25) is 0 Å². The Kier molecular flexibility index (Phi) is 7.70. The minimum absolute atomic E-state index is 0.136. The number of ether oxygens (including phenoxy) is 1. The molecule has 1 fully saturated rings. The van der Waals surface area contributed by atoms with Crippen LogP contribution in [0.25, 0.3) is 0 Å². The van der Waals surface area contributed by atoms with E-state index in [9.17, 15) is 4.79 Å². The third-order valence-electron chi connectivity index (χ3n) is 5.26. The summed E-state index contributed by atoms with van der Waals surface area (Å²) in [4.78, 5) is 12.0. The van der Waals surface area contributed by atoms with Crippen LogP contribution in [0.5, 0.6) is 5.75 Å². The van der Waals surface area contributed by atoms with Gasteiger partial charge >= 0.3 is 5.97 Å². The summed E-state index contributed by atoms with van der Waals surface area (Å²) in [7, 11) is 0. The first-order valence-electron chi connectivity index (χ1n) is 9.66. The van der Waals surface area contributed by atoms with E-state index in [0.29, 0.717) is 30.1 Å². The molecule has 1 aliphatic rings. The number of aliphatic hydroxyl groups is 1. The van der Waals surface area contributed by atoms with Crippen molar-refractivity contribution in [2.75, 3.05) is 6.61 Å². The van der Waals surface area contributed by atoms with Crippen LogP contribution in [0, 0.1) is 5.92 Å². The normalized spacial score (nSPS) is 20.3. The molecular formula is C22H32O3. The molecule has 3 heteroatoms. The van der Waals surface area contributed by atoms with Crippen LogP contribution in [0.1, 0.15) is 75.8 Å². The molecule has 138 valence electrons. The van der Waals surface area contributed by atoms with Crippen LogP contribution < -0.4 is 4.74 Å². The van der Waals surface area contributed by atoms with Gasteiger partial charge in [-0.1, -0.05) is 38.5 Å². The average molecular weight is 344 g/mol. The van der Waals surface area contributed by atoms with Crippen molar-refractivity contribution in [3.8, 4) is 5.75 Å². The highest BCUT2D eigenvalue weighted by Gasteiger charge is 2.23. The van der Waals surface area contributed by atoms with E-state index in [1.54, 1.807) is 6.92 Å². The van der Waals surface area contributed by atoms with Crippen LogP contribution >= 0.6 is 0 Å². The minimum atomic E-state index is -0.381. The van der Waals surface area contributed by atoms with Gasteiger partial charge in [0.15, 0.2) is 0 Å². The summed E-state index contributed by atoms with van der Waals surface area (Å²) in [5.74, 6) is 1.69. The first-order chi connectivity index (χ1) is 12.0. The molecule has 1 saturated carbocycles. The second kappa shape index (κ2) is 9.76. The number of hydrogen-bond donors (Lipinski definition) is 1. The predicted molar refractivity (Wildman–Crippen MR) is 102 cm³/mol. The highest BCUT2D eigenvalue weighted by atomic mass is 16.5. The molecule has 0 spiro atoms. The van der Waals surface area contributed by atoms with Crippen LogP contribution in [0.15, 0.2) is 30.4 Å². The predicted octanol–water partition coefficient (Wildman–Crippen LogP) is 5.17. The van der Waals surface area contributed by atoms with Crippen LogP contribution in [0.3, 0.4) is 0 Å². The Bertz CT molecular complexity index is 583. The van der Waals surface area contributed by atoms with Crippen molar-refractivity contribution in [2.45, 2.75) is 71.1 Å². The van der Waals surface area contributed by atoms with E-state index in [1.807, 2.05) is 6.07 Å². The number of carbonyl (C=O) groups excluding carboxylic acids is 1. The van der Waals surface area contributed by atoms with Gasteiger partial charge in [-0.25, -0.2) is 4.79 Å². The summed E-state index contributed by atoms with van der Waals surface area (Å²) >= 11 is 0. The molecule has 0 aromatic heterocycles. The average Bonchev–Trinajstić information content (AvgIpc) is 2.61. The summed E-state index contributed by atoms with van der Waals surface area (Å²) in [5, 5.41) is 9.09. The summed E-state index contributed by atoms with van der Waals surface area (Å²) < 4.78 is 5.58. The van der Waals surface area contributed by atoms with E-state index in [1.165, 1.54) is 44.1 Å². The molecule has 2 rings (SSSR count). The molecule has 0 unspecified atom stereocenters. The van der Waals surface area contributed by atoms with E-state index in [2.05, 4.69) is 25.6 Å². The number of hydrogen-bond acceptors (Lipinski definition) is 3. The van der Waals surface area contributed by atoms with Gasteiger partial charge in [0, 0.05) is 12.2 Å². The Balaban J connectivity index is 2.14. The van der Waals surface area contributed by atoms with Crippen molar-refractivity contribution in [3.63, 3.8) is 0 Å². The van der Waals surface area contributed by atoms with Gasteiger partial charge in [0.1, 0.15) is 5.75 Å². The van der Waals surface area contributed by atoms with Crippen LogP contribution in [-0.2, 0) is 11.2 Å². The quantitative estimate of drug-likeness (QED) is 0.402. The zero-order chi connectivity index (χ0) is 18.2. The fourth-order valence-corrected chi connectivity index (χ4v) is 3.78. The minimum Gasteiger partial charge on any atom is -0.423 e. The van der Waals surface area contributed by atoms with Gasteiger partial charge in [0.2, 0.25) is 0 Å². The molecule has 0 saturated heterocycles. The van der Waals surface area contributed by atoms with E-state index < -0.39 is 0 Å². The Morgan fingerprint density at radius 1 is 1.28 bits per heavy atom. The molecule has 0 radical (unpaired) electrons. The van der Waals surface area contributed by atoms with Gasteiger partial charge < -0.3 is 9.84 Å². The van der Waals surface area contributed by atoms with Crippen molar-refractivity contribution < 1.29 is 14.6 Å². The van der Waals surface area contributed by atoms with Gasteiger partial charge in [0.25, 0.3) is 0 Å². The first-order valence-corrected chi connectivity index (χ1v) is 9.66. The molecular weight excluding hydrogens is 312 g/mol. The molecule has 0 heterocycles. The van der Waals surface area contributed by atoms with Crippen molar-refractivity contribution in [1.82, 2.24) is 0 Å². The SMILES string of the molecule is C=C(C)C(=O)Oc1cc(C2CCC(CCC)CC2)ccc1CCCO. The topological polar surface area (TPSA) is 46.5 Å². The lowest BCUT2D eigenvalue weighted by Crippen LogP contribution is -2.14. The lowest BCUT2D eigenvalue weighted by molar-refractivity contribution is -0.130. The fourth-order valence-electron chi connectivity index (χ4n) is 3.78. The van der Waals surface area contributed by atoms with Crippen molar-refractivity contribution in [3.05, 3.63) is 41.5 Å². The molecule has 0 amide bonds. The number of rotatable bonds is 8. The Morgan fingerprint density at radius 3 is 2.60 bits per heavy atom. The molecule has 0 aliphatic heterocycles. The van der Waals surface area contributed by atoms with E-state index in [4.69, 9.17) is 9.84 Å². The second-order valence-corrected chi connectivity index (χ2v) is 7.37. The Labute approximate surface area is 152 Å². The van der Waals surface area contributed by atoms with Gasteiger partial charge in [-0.05, 0) is 74.5 Å². The van der Waals surface area contributed by atoms with Crippen molar-refractivity contribution in [1.29, 1.82) is 0 Å². The van der Waals surface area contributed by atoms with Gasteiger partial charge in [0.05, 0.1) is 0 Å². The number of carbonyl (C=O) groups is 1. The molecule has 25 heavy (non-hydrogen) atoms. The van der Waals surface area contributed by atoms with E-state index in [0.717, 1.165) is 11.5 Å². The standard InChI is InChI=1S/C22H32O3/c1-4-6-17-8-10-18(11-9-17)20-13-12-19(7-5-14-23)21(15-20)25-22(24)16(2)3/h12-13,15,17-18,23H,2,4-11,14H2,1,3H3. The maximum absolute atomic E-state index is 12.0. The summed E-state index contributed by atoms with van der Waals surface area (Å²) in [5.41, 5.74) is 2.65. The Hall–Kier alpha value is -1.61. The molecule has 1 N–H and O–H groups in total. The van der Waals surface area contributed by atoms with Gasteiger partial charge in [-0.2, -0.15) is 0 Å². The number of aliphatic hydroxyl groups excluding tert-OH is 1. The van der Waals surface area contributed by atoms with Crippen LogP contribution in [0.4, 0.5) is 0 Å². The maximum atomic E-state index is 12.0. The van der Waals surface area contributed by atoms with Crippen molar-refractivity contribution in [2.24, 2.45) is 5.92 Å². The molecule has 1 aliphatic carbocycles. The number of esters is 1. The summed E-state index contributed by atoms with van der Waals surface area (Å²) in [6.45, 7) is 7.73. The molecule has 3 nitrogen and oxygen atoms in total. The number of aryl methyl sites for hydroxylation is 1. The highest BCUT2D eigenvalue weighted by molar-refractivity contribution is 5.89. The zero-order valence-corrected chi connectivity index (χ0v) is 15.7. The zero-order valence-electron chi connectivity index (χ0n) is 15.7. The fraction of sp³-hybridized carbons (Fsp3) is 0.591. The monoisotopic (exact) mass is 344 g/mol. The van der Waals surface area contributed by atoms with E-state index in [-0.39, 0.29) is 12.6 Å². The summed E-state index contributed by atoms with van der Waals surface area (Å²) in [6.07, 6.45) is 9.02. The second-order valence-electron chi connectivity index (χ2n) is 7.37. The molecule has 1 aromatic rings. The highest BCUT2D eigenvalue weighted by Crippen LogP contribution is 2.39. The molecule has 1 aromatic carbocycles. The van der Waals surface area contributed by atoms with Crippen LogP contribution in [-0.4, -0.2) is 17.7 Å². The van der Waals surface area contributed by atoms with E-state index >= 15 is 0 Å². The molecule has 0 atom stereocenters. The van der Waals surface area contributed by atoms with Gasteiger partial charge in [-0.15, -0.1) is 0 Å². The lowest BCUT2D eigenvalue weighted by atomic mass is 9.77. The Morgan fingerprint density at radius 2 is 2.00 bits per heavy atom. The smallest absolute Gasteiger partial charge is 0.338 e. The summed E-state index contributed by atoms with van der Waals surface area (Å²) in [6, 6.07) is 6.28. The third-order valence-corrected chi connectivity index (χ3v) is 5.26.